The van der Waals surface area contributed by atoms with E-state index in [2.05, 4.69) is 21.6 Å². The highest BCUT2D eigenvalue weighted by Gasteiger charge is 2.37. The predicted molar refractivity (Wildman–Crippen MR) is 48.2 cm³/mol. The van der Waals surface area contributed by atoms with Gasteiger partial charge in [0.05, 0.1) is 12.6 Å². The van der Waals surface area contributed by atoms with Gasteiger partial charge in [-0.05, 0) is 0 Å². The number of hydrogen-bond acceptors (Lipinski definition) is 5. The normalized spacial score (nSPS) is 31.8. The van der Waals surface area contributed by atoms with Gasteiger partial charge >= 0.3 is 0 Å². The third-order valence-corrected chi connectivity index (χ3v) is 1.79. The second-order valence-electron chi connectivity index (χ2n) is 2.59. The summed E-state index contributed by atoms with van der Waals surface area (Å²) in [7, 11) is 0. The molecule has 0 spiro atoms. The zero-order valence-electron chi connectivity index (χ0n) is 6.51. The van der Waals surface area contributed by atoms with Crippen LogP contribution in [0, 0.1) is 0 Å². The van der Waals surface area contributed by atoms with Crippen molar-refractivity contribution in [2.45, 2.75) is 5.66 Å². The average molecular weight is 163 g/mol. The molecule has 0 fully saturated rings. The van der Waals surface area contributed by atoms with E-state index in [0.717, 1.165) is 0 Å². The number of nitrogens with zero attached hydrogens (tertiary/aromatic N) is 4. The summed E-state index contributed by atoms with van der Waals surface area (Å²) < 4.78 is 0. The first-order valence-corrected chi connectivity index (χ1v) is 3.57. The van der Waals surface area contributed by atoms with E-state index in [1.165, 1.54) is 0 Å². The number of nitrogens with two attached hydrogens (primary N) is 1. The van der Waals surface area contributed by atoms with E-state index in [-0.39, 0.29) is 0 Å². The van der Waals surface area contributed by atoms with Crippen molar-refractivity contribution in [1.82, 2.24) is 4.90 Å². The molecule has 0 aromatic rings. The molecule has 0 aromatic carbocycles. The zero-order valence-corrected chi connectivity index (χ0v) is 6.51. The van der Waals surface area contributed by atoms with Crippen molar-refractivity contribution in [3.8, 4) is 0 Å². The molecule has 62 valence electrons. The van der Waals surface area contributed by atoms with Crippen molar-refractivity contribution in [3.05, 3.63) is 12.8 Å². The molecule has 0 saturated carbocycles. The molecule has 0 saturated heterocycles. The van der Waals surface area contributed by atoms with Crippen molar-refractivity contribution < 1.29 is 0 Å². The van der Waals surface area contributed by atoms with Gasteiger partial charge in [0.25, 0.3) is 0 Å². The SMILES string of the molecule is C=CN1C=NC2(N)C=NCN=C12. The minimum atomic E-state index is -0.855. The van der Waals surface area contributed by atoms with Crippen LogP contribution >= 0.6 is 0 Å². The number of amidine groups is 1. The fourth-order valence-corrected chi connectivity index (χ4v) is 1.20. The maximum Gasteiger partial charge on any atom is 0.204 e. The lowest BCUT2D eigenvalue weighted by molar-refractivity contribution is 0.733. The average Bonchev–Trinajstić information content (AvgIpc) is 2.41. The topological polar surface area (TPSA) is 66.3 Å². The van der Waals surface area contributed by atoms with E-state index in [9.17, 15) is 0 Å². The van der Waals surface area contributed by atoms with Gasteiger partial charge in [0.1, 0.15) is 6.67 Å². The molecule has 2 N–H and O–H groups in total. The first kappa shape index (κ1) is 7.17. The predicted octanol–water partition coefficient (Wildman–Crippen LogP) is -0.431. The summed E-state index contributed by atoms with van der Waals surface area (Å²) in [4.78, 5) is 13.9. The Morgan fingerprint density at radius 2 is 2.58 bits per heavy atom. The number of fused-ring (bicyclic) bond motifs is 1. The van der Waals surface area contributed by atoms with Crippen LogP contribution in [-0.4, -0.2) is 35.6 Å². The smallest absolute Gasteiger partial charge is 0.204 e. The Kier molecular flexibility index (Phi) is 1.34. The first-order chi connectivity index (χ1) is 5.76. The van der Waals surface area contributed by atoms with E-state index < -0.39 is 5.66 Å². The molecule has 12 heavy (non-hydrogen) atoms. The van der Waals surface area contributed by atoms with Crippen LogP contribution in [0.25, 0.3) is 0 Å². The lowest BCUT2D eigenvalue weighted by Crippen LogP contribution is -2.50. The summed E-state index contributed by atoms with van der Waals surface area (Å²) in [6.07, 6.45) is 4.83. The molecular formula is C7H9N5. The Morgan fingerprint density at radius 3 is 3.33 bits per heavy atom. The Hall–Kier alpha value is -1.49. The van der Waals surface area contributed by atoms with Crippen LogP contribution < -0.4 is 5.73 Å². The largest absolute Gasteiger partial charge is 0.296 e. The lowest BCUT2D eigenvalue weighted by Gasteiger charge is -2.22. The van der Waals surface area contributed by atoms with E-state index in [1.807, 2.05) is 0 Å². The fourth-order valence-electron chi connectivity index (χ4n) is 1.20. The molecule has 2 aliphatic heterocycles. The molecule has 5 nitrogen and oxygen atoms in total. The standard InChI is InChI=1S/C7H9N5/c1-2-12-5-11-7(8)3-9-4-10-6(7)12/h2-3,5H,1,4,8H2. The molecule has 1 unspecified atom stereocenters. The van der Waals surface area contributed by atoms with Gasteiger partial charge in [-0.25, -0.2) is 9.98 Å². The molecular weight excluding hydrogens is 154 g/mol. The van der Waals surface area contributed by atoms with Gasteiger partial charge in [-0.1, -0.05) is 6.58 Å². The summed E-state index contributed by atoms with van der Waals surface area (Å²) in [5.41, 5.74) is 5.01. The molecule has 2 aliphatic rings. The molecule has 0 amide bonds. The molecule has 0 aromatic heterocycles. The highest BCUT2D eigenvalue weighted by Crippen LogP contribution is 2.16. The molecule has 2 heterocycles. The molecule has 0 aliphatic carbocycles. The van der Waals surface area contributed by atoms with Crippen LogP contribution in [0.1, 0.15) is 0 Å². The minimum Gasteiger partial charge on any atom is -0.296 e. The van der Waals surface area contributed by atoms with E-state index >= 15 is 0 Å². The maximum atomic E-state index is 5.86. The lowest BCUT2D eigenvalue weighted by atomic mass is 10.2. The second-order valence-corrected chi connectivity index (χ2v) is 2.59. The molecule has 1 atom stereocenters. The maximum absolute atomic E-state index is 5.86. The minimum absolute atomic E-state index is 0.419. The highest BCUT2D eigenvalue weighted by atomic mass is 15.3. The highest BCUT2D eigenvalue weighted by molar-refractivity contribution is 6.14. The monoisotopic (exact) mass is 163 g/mol. The summed E-state index contributed by atoms with van der Waals surface area (Å²) in [6, 6.07) is 0. The molecule has 0 radical (unpaired) electrons. The van der Waals surface area contributed by atoms with E-state index in [0.29, 0.717) is 12.5 Å². The quantitative estimate of drug-likeness (QED) is 0.570. The summed E-state index contributed by atoms with van der Waals surface area (Å²) >= 11 is 0. The summed E-state index contributed by atoms with van der Waals surface area (Å²) in [5, 5.41) is 0. The van der Waals surface area contributed by atoms with Gasteiger partial charge in [-0.2, -0.15) is 0 Å². The Bertz CT molecular complexity index is 303. The van der Waals surface area contributed by atoms with Crippen LogP contribution in [-0.2, 0) is 0 Å². The zero-order chi connectivity index (χ0) is 8.60. The Labute approximate surface area is 70.0 Å². The van der Waals surface area contributed by atoms with Gasteiger partial charge in [0.2, 0.25) is 5.66 Å². The van der Waals surface area contributed by atoms with Crippen LogP contribution in [0.3, 0.4) is 0 Å². The van der Waals surface area contributed by atoms with Crippen molar-refractivity contribution >= 4 is 18.4 Å². The molecule has 0 bridgehead atoms. The van der Waals surface area contributed by atoms with E-state index in [4.69, 9.17) is 5.73 Å². The first-order valence-electron chi connectivity index (χ1n) is 3.57. The van der Waals surface area contributed by atoms with Crippen molar-refractivity contribution in [2.24, 2.45) is 20.7 Å². The second kappa shape index (κ2) is 2.25. The van der Waals surface area contributed by atoms with Crippen LogP contribution in [0.15, 0.2) is 27.8 Å². The van der Waals surface area contributed by atoms with Crippen molar-refractivity contribution in [2.75, 3.05) is 6.67 Å². The van der Waals surface area contributed by atoms with Crippen LogP contribution in [0.2, 0.25) is 0 Å². The number of rotatable bonds is 1. The number of aliphatic imine (C=N–C) groups is 3. The van der Waals surface area contributed by atoms with Crippen molar-refractivity contribution in [3.63, 3.8) is 0 Å². The van der Waals surface area contributed by atoms with Gasteiger partial charge in [0.15, 0.2) is 5.84 Å². The Balaban J connectivity index is 2.41. The molecule has 5 heteroatoms. The van der Waals surface area contributed by atoms with E-state index in [1.54, 1.807) is 23.7 Å². The van der Waals surface area contributed by atoms with Crippen molar-refractivity contribution in [1.29, 1.82) is 0 Å². The van der Waals surface area contributed by atoms with Crippen LogP contribution in [0.4, 0.5) is 0 Å². The molecule has 2 rings (SSSR count). The van der Waals surface area contributed by atoms with Gasteiger partial charge in [-0.3, -0.25) is 15.6 Å². The third kappa shape index (κ3) is 0.799. The number of hydrogen-bond donors (Lipinski definition) is 1. The third-order valence-electron chi connectivity index (χ3n) is 1.79. The van der Waals surface area contributed by atoms with Gasteiger partial charge in [0, 0.05) is 6.20 Å². The summed E-state index contributed by atoms with van der Waals surface area (Å²) in [6.45, 7) is 4.04. The van der Waals surface area contributed by atoms with Crippen LogP contribution in [0.5, 0.6) is 0 Å². The summed E-state index contributed by atoms with van der Waals surface area (Å²) in [5.74, 6) is 0.688. The fraction of sp³-hybridized carbons (Fsp3) is 0.286. The Morgan fingerprint density at radius 1 is 1.75 bits per heavy atom. The van der Waals surface area contributed by atoms with Gasteiger partial charge in [-0.15, -0.1) is 0 Å². The van der Waals surface area contributed by atoms with Gasteiger partial charge < -0.3 is 0 Å².